The molecule has 2 heterocycles. The van der Waals surface area contributed by atoms with Crippen LogP contribution in [0.15, 0.2) is 6.07 Å². The summed E-state index contributed by atoms with van der Waals surface area (Å²) < 4.78 is 4.71. The molecule has 2 aromatic rings. The summed E-state index contributed by atoms with van der Waals surface area (Å²) in [5.74, 6) is 0.0838. The molecule has 2 aromatic heterocycles. The van der Waals surface area contributed by atoms with Crippen molar-refractivity contribution in [2.24, 2.45) is 5.92 Å². The van der Waals surface area contributed by atoms with Crippen molar-refractivity contribution in [1.82, 2.24) is 4.98 Å². The summed E-state index contributed by atoms with van der Waals surface area (Å²) >= 11 is 2.70. The van der Waals surface area contributed by atoms with E-state index in [9.17, 15) is 9.59 Å². The van der Waals surface area contributed by atoms with Gasteiger partial charge in [0, 0.05) is 4.88 Å². The number of hydrogen-bond acceptors (Lipinski definition) is 6. The number of methoxy groups -OCH3 is 1. The maximum atomic E-state index is 12.4. The molecule has 23 heavy (non-hydrogen) atoms. The number of ether oxygens (including phenoxy) is 1. The second-order valence-corrected chi connectivity index (χ2v) is 7.92. The van der Waals surface area contributed by atoms with Crippen LogP contribution in [0.4, 0.5) is 5.13 Å². The first kappa shape index (κ1) is 16.1. The summed E-state index contributed by atoms with van der Waals surface area (Å²) in [4.78, 5) is 30.7. The van der Waals surface area contributed by atoms with E-state index < -0.39 is 5.97 Å². The van der Waals surface area contributed by atoms with Gasteiger partial charge in [-0.05, 0) is 43.7 Å². The molecule has 122 valence electrons. The molecule has 0 saturated heterocycles. The van der Waals surface area contributed by atoms with Crippen LogP contribution in [0.5, 0.6) is 0 Å². The zero-order valence-electron chi connectivity index (χ0n) is 13.3. The van der Waals surface area contributed by atoms with Gasteiger partial charge in [-0.3, -0.25) is 10.1 Å². The van der Waals surface area contributed by atoms with Gasteiger partial charge in [0.1, 0.15) is 4.88 Å². The molecule has 5 nitrogen and oxygen atoms in total. The number of anilines is 1. The van der Waals surface area contributed by atoms with E-state index in [0.29, 0.717) is 26.5 Å². The topological polar surface area (TPSA) is 68.3 Å². The minimum atomic E-state index is -0.430. The summed E-state index contributed by atoms with van der Waals surface area (Å²) in [6.07, 6.45) is 3.28. The van der Waals surface area contributed by atoms with Crippen molar-refractivity contribution in [3.05, 3.63) is 32.0 Å². The zero-order valence-corrected chi connectivity index (χ0v) is 14.9. The van der Waals surface area contributed by atoms with Crippen LogP contribution in [0.3, 0.4) is 0 Å². The first-order valence-electron chi connectivity index (χ1n) is 7.46. The molecular weight excluding hydrogens is 332 g/mol. The number of thiophene rings is 1. The third kappa shape index (κ3) is 3.30. The number of aryl methyl sites for hydroxylation is 2. The second kappa shape index (κ2) is 6.41. The van der Waals surface area contributed by atoms with Crippen molar-refractivity contribution in [1.29, 1.82) is 0 Å². The van der Waals surface area contributed by atoms with Gasteiger partial charge in [0.15, 0.2) is 5.13 Å². The van der Waals surface area contributed by atoms with Crippen LogP contribution in [-0.2, 0) is 17.6 Å². The summed E-state index contributed by atoms with van der Waals surface area (Å²) in [6.45, 7) is 3.97. The molecule has 1 aliphatic rings. The predicted molar refractivity (Wildman–Crippen MR) is 91.7 cm³/mol. The number of amides is 1. The van der Waals surface area contributed by atoms with Gasteiger partial charge in [0.2, 0.25) is 0 Å². The highest BCUT2D eigenvalue weighted by molar-refractivity contribution is 7.18. The van der Waals surface area contributed by atoms with E-state index >= 15 is 0 Å². The normalized spacial score (nSPS) is 16.7. The fourth-order valence-corrected chi connectivity index (χ4v) is 4.69. The van der Waals surface area contributed by atoms with Crippen LogP contribution in [0.2, 0.25) is 0 Å². The Morgan fingerprint density at radius 3 is 2.91 bits per heavy atom. The van der Waals surface area contributed by atoms with Gasteiger partial charge in [-0.15, -0.1) is 11.3 Å². The smallest absolute Gasteiger partial charge is 0.350 e. The number of nitrogens with zero attached hydrogens (tertiary/aromatic N) is 1. The maximum Gasteiger partial charge on any atom is 0.350 e. The van der Waals surface area contributed by atoms with Crippen LogP contribution in [0, 0.1) is 12.8 Å². The summed E-state index contributed by atoms with van der Waals surface area (Å²) in [7, 11) is 1.33. The molecule has 1 amide bonds. The Balaban J connectivity index is 1.76. The quantitative estimate of drug-likeness (QED) is 0.858. The fraction of sp³-hybridized carbons (Fsp3) is 0.438. The molecule has 3 rings (SSSR count). The Labute approximate surface area is 142 Å². The van der Waals surface area contributed by atoms with E-state index in [1.54, 1.807) is 18.3 Å². The fourth-order valence-electron chi connectivity index (χ4n) is 2.71. The Bertz CT molecular complexity index is 763. The number of fused-ring (bicyclic) bond motifs is 1. The SMILES string of the molecule is COC(=O)c1sc(NC(=O)c2cc3c(s2)CCC(C)C3)nc1C. The summed E-state index contributed by atoms with van der Waals surface area (Å²) in [5.41, 5.74) is 1.86. The maximum absolute atomic E-state index is 12.4. The lowest BCUT2D eigenvalue weighted by Crippen LogP contribution is -2.10. The van der Waals surface area contributed by atoms with Gasteiger partial charge >= 0.3 is 5.97 Å². The van der Waals surface area contributed by atoms with Gasteiger partial charge in [-0.25, -0.2) is 9.78 Å². The van der Waals surface area contributed by atoms with Crippen molar-refractivity contribution in [3.8, 4) is 0 Å². The minimum absolute atomic E-state index is 0.165. The lowest BCUT2D eigenvalue weighted by atomic mass is 9.90. The number of nitrogens with one attached hydrogen (secondary N) is 1. The van der Waals surface area contributed by atoms with E-state index in [1.165, 1.54) is 24.0 Å². The molecule has 0 radical (unpaired) electrons. The Morgan fingerprint density at radius 1 is 1.39 bits per heavy atom. The molecule has 1 unspecified atom stereocenters. The number of aromatic nitrogens is 1. The predicted octanol–water partition coefficient (Wildman–Crippen LogP) is 3.68. The molecular formula is C16H18N2O3S2. The molecule has 0 spiro atoms. The molecule has 1 atom stereocenters. The molecule has 7 heteroatoms. The van der Waals surface area contributed by atoms with Crippen molar-refractivity contribution < 1.29 is 14.3 Å². The van der Waals surface area contributed by atoms with Gasteiger partial charge < -0.3 is 4.74 Å². The lowest BCUT2D eigenvalue weighted by Gasteiger charge is -2.16. The number of rotatable bonds is 3. The van der Waals surface area contributed by atoms with Crippen molar-refractivity contribution >= 4 is 39.7 Å². The van der Waals surface area contributed by atoms with Gasteiger partial charge in [0.05, 0.1) is 17.7 Å². The average molecular weight is 350 g/mol. The van der Waals surface area contributed by atoms with Crippen molar-refractivity contribution in [2.75, 3.05) is 12.4 Å². The molecule has 0 saturated carbocycles. The average Bonchev–Trinajstić information content (AvgIpc) is 3.09. The number of carbonyl (C=O) groups is 2. The van der Waals surface area contributed by atoms with E-state index in [0.717, 1.165) is 24.2 Å². The van der Waals surface area contributed by atoms with Gasteiger partial charge in [0.25, 0.3) is 5.91 Å². The number of esters is 1. The standard InChI is InChI=1S/C16H18N2O3S2/c1-8-4-5-11-10(6-8)7-12(22-11)14(19)18-16-17-9(2)13(23-16)15(20)21-3/h7-8H,4-6H2,1-3H3,(H,17,18,19). The highest BCUT2D eigenvalue weighted by Crippen LogP contribution is 2.33. The molecule has 0 aliphatic heterocycles. The summed E-state index contributed by atoms with van der Waals surface area (Å²) in [5, 5.41) is 3.21. The largest absolute Gasteiger partial charge is 0.465 e. The van der Waals surface area contributed by atoms with Gasteiger partial charge in [-0.1, -0.05) is 18.3 Å². The Hall–Kier alpha value is -1.73. The number of hydrogen-bond donors (Lipinski definition) is 1. The first-order chi connectivity index (χ1) is 11.0. The monoisotopic (exact) mass is 350 g/mol. The summed E-state index contributed by atoms with van der Waals surface area (Å²) in [6, 6.07) is 1.99. The van der Waals surface area contributed by atoms with E-state index in [2.05, 4.69) is 17.2 Å². The molecule has 1 aliphatic carbocycles. The Kier molecular flexibility index (Phi) is 4.50. The number of carbonyl (C=O) groups excluding carboxylic acids is 2. The highest BCUT2D eigenvalue weighted by Gasteiger charge is 2.22. The lowest BCUT2D eigenvalue weighted by molar-refractivity contribution is 0.0605. The van der Waals surface area contributed by atoms with Crippen molar-refractivity contribution in [3.63, 3.8) is 0 Å². The van der Waals surface area contributed by atoms with Crippen LogP contribution in [0.25, 0.3) is 0 Å². The van der Waals surface area contributed by atoms with Gasteiger partial charge in [-0.2, -0.15) is 0 Å². The second-order valence-electron chi connectivity index (χ2n) is 5.79. The molecule has 1 N–H and O–H groups in total. The number of thiazole rings is 1. The van der Waals surface area contributed by atoms with E-state index in [-0.39, 0.29) is 5.91 Å². The van der Waals surface area contributed by atoms with Crippen LogP contribution in [-0.4, -0.2) is 24.0 Å². The first-order valence-corrected chi connectivity index (χ1v) is 9.10. The van der Waals surface area contributed by atoms with Crippen LogP contribution >= 0.6 is 22.7 Å². The third-order valence-electron chi connectivity index (χ3n) is 3.94. The molecule has 0 bridgehead atoms. The Morgan fingerprint density at radius 2 is 2.17 bits per heavy atom. The zero-order chi connectivity index (χ0) is 16.6. The van der Waals surface area contributed by atoms with Crippen LogP contribution in [0.1, 0.15) is 48.8 Å². The minimum Gasteiger partial charge on any atom is -0.465 e. The van der Waals surface area contributed by atoms with Crippen molar-refractivity contribution in [2.45, 2.75) is 33.1 Å². The van der Waals surface area contributed by atoms with Crippen LogP contribution < -0.4 is 5.32 Å². The van der Waals surface area contributed by atoms with E-state index in [1.807, 2.05) is 6.07 Å². The van der Waals surface area contributed by atoms with E-state index in [4.69, 9.17) is 4.74 Å². The molecule has 0 aromatic carbocycles. The third-order valence-corrected chi connectivity index (χ3v) is 6.23. The molecule has 0 fully saturated rings. The highest BCUT2D eigenvalue weighted by atomic mass is 32.1.